The van der Waals surface area contributed by atoms with Gasteiger partial charge >= 0.3 is 0 Å². The number of sulfonamides is 1. The third-order valence-corrected chi connectivity index (χ3v) is 8.02. The average molecular weight is 447 g/mol. The molecular formula is C23H22N6O2S. The van der Waals surface area contributed by atoms with E-state index in [2.05, 4.69) is 14.8 Å². The van der Waals surface area contributed by atoms with Gasteiger partial charge in [0, 0.05) is 37.1 Å². The molecule has 0 unspecified atom stereocenters. The molecule has 1 aliphatic rings. The predicted molar refractivity (Wildman–Crippen MR) is 120 cm³/mol. The van der Waals surface area contributed by atoms with Crippen LogP contribution in [0.15, 0.2) is 66.0 Å². The monoisotopic (exact) mass is 446 g/mol. The first-order valence-electron chi connectivity index (χ1n) is 10.4. The number of aromatic nitrogens is 4. The summed E-state index contributed by atoms with van der Waals surface area (Å²) in [7, 11) is -3.65. The smallest absolute Gasteiger partial charge is 0.243 e. The second-order valence-electron chi connectivity index (χ2n) is 8.22. The Morgan fingerprint density at radius 3 is 2.91 bits per heavy atom. The van der Waals surface area contributed by atoms with Gasteiger partial charge in [0.15, 0.2) is 0 Å². The summed E-state index contributed by atoms with van der Waals surface area (Å²) in [5.74, 6) is 0.183. The third-order valence-electron chi connectivity index (χ3n) is 6.05. The number of hydrogen-bond donors (Lipinski definition) is 1. The topological polar surface area (TPSA) is 108 Å². The van der Waals surface area contributed by atoms with Gasteiger partial charge < -0.3 is 4.57 Å². The highest BCUT2D eigenvalue weighted by atomic mass is 32.2. The Kier molecular flexibility index (Phi) is 5.04. The maximum atomic E-state index is 13.2. The van der Waals surface area contributed by atoms with Crippen molar-refractivity contribution in [3.05, 3.63) is 66.6 Å². The first kappa shape index (κ1) is 20.4. The van der Waals surface area contributed by atoms with E-state index in [1.54, 1.807) is 28.7 Å². The second kappa shape index (κ2) is 7.89. The molecule has 0 bridgehead atoms. The Morgan fingerprint density at radius 2 is 2.12 bits per heavy atom. The molecule has 0 saturated carbocycles. The molecule has 0 amide bonds. The fourth-order valence-electron chi connectivity index (χ4n) is 4.50. The van der Waals surface area contributed by atoms with Crippen LogP contribution < -0.4 is 0 Å². The molecule has 1 aromatic carbocycles. The number of H-pyrrole nitrogens is 1. The number of fused-ring (bicyclic) bond motifs is 1. The molecule has 5 rings (SSSR count). The van der Waals surface area contributed by atoms with Crippen LogP contribution in [0.4, 0.5) is 0 Å². The summed E-state index contributed by atoms with van der Waals surface area (Å²) in [6, 6.07) is 14.1. The predicted octanol–water partition coefficient (Wildman–Crippen LogP) is 3.40. The fourth-order valence-corrected chi connectivity index (χ4v) is 6.26. The molecular weight excluding hydrogens is 424 g/mol. The quantitative estimate of drug-likeness (QED) is 0.506. The van der Waals surface area contributed by atoms with Crippen molar-refractivity contribution >= 4 is 21.1 Å². The van der Waals surface area contributed by atoms with Crippen molar-refractivity contribution in [2.75, 3.05) is 6.54 Å². The van der Waals surface area contributed by atoms with E-state index in [0.717, 1.165) is 28.7 Å². The lowest BCUT2D eigenvalue weighted by molar-refractivity contribution is 0.399. The molecule has 1 aliphatic heterocycles. The maximum absolute atomic E-state index is 13.2. The molecule has 0 aliphatic carbocycles. The van der Waals surface area contributed by atoms with Gasteiger partial charge in [0.25, 0.3) is 0 Å². The van der Waals surface area contributed by atoms with Crippen LogP contribution in [0.2, 0.25) is 0 Å². The largest absolute Gasteiger partial charge is 0.346 e. The van der Waals surface area contributed by atoms with Gasteiger partial charge in [-0.3, -0.25) is 5.10 Å². The normalized spacial score (nSPS) is 19.4. The minimum Gasteiger partial charge on any atom is -0.346 e. The van der Waals surface area contributed by atoms with E-state index in [1.807, 2.05) is 43.6 Å². The van der Waals surface area contributed by atoms with Crippen molar-refractivity contribution in [1.82, 2.24) is 24.1 Å². The Labute approximate surface area is 186 Å². The van der Waals surface area contributed by atoms with Crippen molar-refractivity contribution in [3.8, 4) is 17.3 Å². The Hall–Kier alpha value is -3.48. The van der Waals surface area contributed by atoms with E-state index in [9.17, 15) is 8.42 Å². The van der Waals surface area contributed by atoms with Crippen LogP contribution in [0.25, 0.3) is 22.3 Å². The number of hydrogen-bond acceptors (Lipinski definition) is 5. The van der Waals surface area contributed by atoms with Gasteiger partial charge in [-0.25, -0.2) is 13.4 Å². The maximum Gasteiger partial charge on any atom is 0.243 e. The Balaban J connectivity index is 1.36. The van der Waals surface area contributed by atoms with Gasteiger partial charge in [-0.05, 0) is 55.7 Å². The van der Waals surface area contributed by atoms with E-state index in [0.29, 0.717) is 18.7 Å². The molecule has 1 saturated heterocycles. The zero-order chi connectivity index (χ0) is 22.3. The first-order chi connectivity index (χ1) is 15.5. The highest BCUT2D eigenvalue weighted by Gasteiger charge is 2.38. The number of benzene rings is 1. The van der Waals surface area contributed by atoms with Crippen molar-refractivity contribution < 1.29 is 8.42 Å². The average Bonchev–Trinajstić information content (AvgIpc) is 3.54. The van der Waals surface area contributed by atoms with Crippen LogP contribution in [0.5, 0.6) is 0 Å². The summed E-state index contributed by atoms with van der Waals surface area (Å²) < 4.78 is 30.1. The van der Waals surface area contributed by atoms with Crippen LogP contribution in [0.1, 0.15) is 18.9 Å². The van der Waals surface area contributed by atoms with E-state index >= 15 is 0 Å². The first-order valence-corrected chi connectivity index (χ1v) is 11.9. The van der Waals surface area contributed by atoms with Gasteiger partial charge in [-0.1, -0.05) is 6.07 Å². The second-order valence-corrected chi connectivity index (χ2v) is 10.1. The molecule has 162 valence electrons. The van der Waals surface area contributed by atoms with Crippen molar-refractivity contribution in [1.29, 1.82) is 5.26 Å². The van der Waals surface area contributed by atoms with Gasteiger partial charge in [0.1, 0.15) is 0 Å². The van der Waals surface area contributed by atoms with Crippen molar-refractivity contribution in [3.63, 3.8) is 0 Å². The van der Waals surface area contributed by atoms with E-state index in [4.69, 9.17) is 10.2 Å². The molecule has 2 atom stereocenters. The van der Waals surface area contributed by atoms with Crippen molar-refractivity contribution in [2.24, 2.45) is 5.92 Å². The molecule has 3 aromatic heterocycles. The zero-order valence-electron chi connectivity index (χ0n) is 17.5. The lowest BCUT2D eigenvalue weighted by atomic mass is 10.1. The summed E-state index contributed by atoms with van der Waals surface area (Å²) in [6.07, 6.45) is 6.34. The van der Waals surface area contributed by atoms with Crippen LogP contribution >= 0.6 is 0 Å². The van der Waals surface area contributed by atoms with Gasteiger partial charge in [-0.2, -0.15) is 14.7 Å². The Bertz CT molecular complexity index is 1420. The van der Waals surface area contributed by atoms with Gasteiger partial charge in [0.05, 0.1) is 39.5 Å². The molecule has 4 heterocycles. The number of nitrogens with one attached hydrogen (secondary N) is 1. The zero-order valence-corrected chi connectivity index (χ0v) is 18.3. The molecule has 1 N–H and O–H groups in total. The number of aromatic amines is 1. The molecule has 8 nitrogen and oxygen atoms in total. The van der Waals surface area contributed by atoms with E-state index in [-0.39, 0.29) is 16.9 Å². The minimum absolute atomic E-state index is 0.108. The summed E-state index contributed by atoms with van der Waals surface area (Å²) in [5, 5.41) is 15.9. The third kappa shape index (κ3) is 3.57. The number of nitriles is 1. The fraction of sp³-hybridized carbons (Fsp3) is 0.261. The van der Waals surface area contributed by atoms with Gasteiger partial charge in [-0.15, -0.1) is 0 Å². The Morgan fingerprint density at radius 1 is 1.25 bits per heavy atom. The molecule has 1 fully saturated rings. The molecule has 4 aromatic rings. The minimum atomic E-state index is -3.65. The molecule has 0 radical (unpaired) electrons. The summed E-state index contributed by atoms with van der Waals surface area (Å²) >= 11 is 0. The summed E-state index contributed by atoms with van der Waals surface area (Å²) in [6.45, 7) is 3.10. The summed E-state index contributed by atoms with van der Waals surface area (Å²) in [5.41, 5.74) is 4.05. The molecule has 9 heteroatoms. The molecule has 32 heavy (non-hydrogen) atoms. The lowest BCUT2D eigenvalue weighted by Gasteiger charge is -2.21. The molecule has 0 spiro atoms. The van der Waals surface area contributed by atoms with E-state index < -0.39 is 10.0 Å². The van der Waals surface area contributed by atoms with Gasteiger partial charge in [0.2, 0.25) is 10.0 Å². The van der Waals surface area contributed by atoms with Crippen LogP contribution in [-0.2, 0) is 16.6 Å². The van der Waals surface area contributed by atoms with Crippen LogP contribution in [0, 0.1) is 17.2 Å². The van der Waals surface area contributed by atoms with E-state index in [1.165, 1.54) is 6.07 Å². The number of nitrogens with zero attached hydrogens (tertiary/aromatic N) is 5. The lowest BCUT2D eigenvalue weighted by Crippen LogP contribution is -2.34. The number of rotatable bonds is 5. The summed E-state index contributed by atoms with van der Waals surface area (Å²) in [4.78, 5) is 4.90. The van der Waals surface area contributed by atoms with Crippen LogP contribution in [-0.4, -0.2) is 45.1 Å². The highest BCUT2D eigenvalue weighted by molar-refractivity contribution is 7.89. The van der Waals surface area contributed by atoms with Crippen LogP contribution in [0.3, 0.4) is 0 Å². The standard InChI is InChI=1S/C23H22N6O2S/c1-16-9-18(15-29(16)32(30,31)20-4-2-3-17(10-20)11-24)14-28-8-7-22-23(28)6-5-21(27-22)19-12-25-26-13-19/h2-8,10,12-13,16,18H,9,14-15H2,1H3,(H,25,26)/t16-,18+/m1/s1. The van der Waals surface area contributed by atoms with Crippen molar-refractivity contribution in [2.45, 2.75) is 30.8 Å². The number of pyridine rings is 1. The highest BCUT2D eigenvalue weighted by Crippen LogP contribution is 2.31. The SMILES string of the molecule is C[C@@H]1C[C@@H](Cn2ccc3nc(-c4cn[nH]c4)ccc32)CN1S(=O)(=O)c1cccc(C#N)c1.